The average Bonchev–Trinajstić information content (AvgIpc) is 2.72. The van der Waals surface area contributed by atoms with Gasteiger partial charge in [-0.05, 0) is 12.5 Å². The molecule has 0 radical (unpaired) electrons. The minimum Gasteiger partial charge on any atom is -0.382 e. The van der Waals surface area contributed by atoms with Crippen molar-refractivity contribution in [2.75, 3.05) is 37.7 Å². The van der Waals surface area contributed by atoms with Gasteiger partial charge in [0.25, 0.3) is 0 Å². The molecule has 2 N–H and O–H groups in total. The van der Waals surface area contributed by atoms with Crippen molar-refractivity contribution < 1.29 is 4.79 Å². The van der Waals surface area contributed by atoms with Gasteiger partial charge in [-0.3, -0.25) is 9.69 Å². The van der Waals surface area contributed by atoms with Crippen molar-refractivity contribution in [3.8, 4) is 6.07 Å². The standard InChI is InChI=1S/C19H22N6OS/c1-14(15-5-3-2-4-6-15)24-7-9-25(10-8-24)17(26)13-27-19-22-12-16(11-20)18(21)23-19/h2-6,12,14H,7-10,13H2,1H3,(H2,21,22,23). The molecule has 0 aliphatic carbocycles. The van der Waals surface area contributed by atoms with Crippen LogP contribution in [0.5, 0.6) is 0 Å². The molecule has 1 atom stereocenters. The van der Waals surface area contributed by atoms with E-state index in [4.69, 9.17) is 11.0 Å². The van der Waals surface area contributed by atoms with Gasteiger partial charge >= 0.3 is 0 Å². The van der Waals surface area contributed by atoms with Crippen molar-refractivity contribution in [3.63, 3.8) is 0 Å². The summed E-state index contributed by atoms with van der Waals surface area (Å²) < 4.78 is 0. The van der Waals surface area contributed by atoms with Crippen molar-refractivity contribution in [2.45, 2.75) is 18.1 Å². The number of carbonyl (C=O) groups is 1. The van der Waals surface area contributed by atoms with Gasteiger partial charge in [-0.25, -0.2) is 9.97 Å². The van der Waals surface area contributed by atoms with Crippen LogP contribution in [0.1, 0.15) is 24.1 Å². The summed E-state index contributed by atoms with van der Waals surface area (Å²) in [4.78, 5) is 24.9. The lowest BCUT2D eigenvalue weighted by Crippen LogP contribution is -2.49. The number of nitriles is 1. The molecule has 0 saturated carbocycles. The molecule has 3 rings (SSSR count). The van der Waals surface area contributed by atoms with Gasteiger partial charge in [0.1, 0.15) is 17.5 Å². The fraction of sp³-hybridized carbons (Fsp3) is 0.368. The van der Waals surface area contributed by atoms with Crippen LogP contribution >= 0.6 is 11.8 Å². The fourth-order valence-corrected chi connectivity index (χ4v) is 3.78. The molecule has 27 heavy (non-hydrogen) atoms. The lowest BCUT2D eigenvalue weighted by Gasteiger charge is -2.38. The van der Waals surface area contributed by atoms with Crippen LogP contribution in [-0.4, -0.2) is 57.6 Å². The Morgan fingerprint density at radius 2 is 2.00 bits per heavy atom. The monoisotopic (exact) mass is 382 g/mol. The third-order valence-corrected chi connectivity index (χ3v) is 5.58. The van der Waals surface area contributed by atoms with E-state index in [2.05, 4.69) is 46.1 Å². The number of piperazine rings is 1. The zero-order valence-electron chi connectivity index (χ0n) is 15.2. The topological polar surface area (TPSA) is 99.1 Å². The normalized spacial score (nSPS) is 15.9. The lowest BCUT2D eigenvalue weighted by molar-refractivity contribution is -0.130. The molecular weight excluding hydrogens is 360 g/mol. The lowest BCUT2D eigenvalue weighted by atomic mass is 10.1. The number of hydrogen-bond donors (Lipinski definition) is 1. The van der Waals surface area contributed by atoms with Crippen molar-refractivity contribution in [3.05, 3.63) is 47.7 Å². The highest BCUT2D eigenvalue weighted by molar-refractivity contribution is 7.99. The molecular formula is C19H22N6OS. The first-order chi connectivity index (χ1) is 13.1. The SMILES string of the molecule is CC(c1ccccc1)N1CCN(C(=O)CSc2ncc(C#N)c(N)n2)CC1. The summed E-state index contributed by atoms with van der Waals surface area (Å²) in [5.41, 5.74) is 7.22. The number of thioether (sulfide) groups is 1. The molecule has 1 aliphatic rings. The molecule has 1 aromatic carbocycles. The molecule has 1 saturated heterocycles. The number of hydrogen-bond acceptors (Lipinski definition) is 7. The number of benzene rings is 1. The highest BCUT2D eigenvalue weighted by Crippen LogP contribution is 2.22. The van der Waals surface area contributed by atoms with E-state index in [1.165, 1.54) is 23.5 Å². The van der Waals surface area contributed by atoms with Crippen LogP contribution in [0.2, 0.25) is 0 Å². The Labute approximate surface area is 163 Å². The van der Waals surface area contributed by atoms with Crippen LogP contribution in [0.3, 0.4) is 0 Å². The van der Waals surface area contributed by atoms with E-state index < -0.39 is 0 Å². The number of rotatable bonds is 5. The Bertz CT molecular complexity index is 830. The third kappa shape index (κ3) is 4.76. The second-order valence-electron chi connectivity index (χ2n) is 6.36. The van der Waals surface area contributed by atoms with Crippen LogP contribution in [0, 0.1) is 11.3 Å². The fourth-order valence-electron chi connectivity index (χ4n) is 3.05. The smallest absolute Gasteiger partial charge is 0.233 e. The molecule has 1 amide bonds. The Kier molecular flexibility index (Phi) is 6.27. The van der Waals surface area contributed by atoms with E-state index in [0.29, 0.717) is 24.3 Å². The Morgan fingerprint density at radius 1 is 1.30 bits per heavy atom. The van der Waals surface area contributed by atoms with E-state index in [9.17, 15) is 4.79 Å². The van der Waals surface area contributed by atoms with Gasteiger partial charge in [-0.15, -0.1) is 0 Å². The van der Waals surface area contributed by atoms with Gasteiger partial charge in [-0.1, -0.05) is 42.1 Å². The maximum atomic E-state index is 12.5. The van der Waals surface area contributed by atoms with Crippen LogP contribution in [-0.2, 0) is 4.79 Å². The third-order valence-electron chi connectivity index (χ3n) is 4.74. The first-order valence-electron chi connectivity index (χ1n) is 8.80. The summed E-state index contributed by atoms with van der Waals surface area (Å²) in [6.45, 7) is 5.34. The van der Waals surface area contributed by atoms with Crippen molar-refractivity contribution in [1.29, 1.82) is 5.26 Å². The summed E-state index contributed by atoms with van der Waals surface area (Å²) in [5, 5.41) is 9.26. The summed E-state index contributed by atoms with van der Waals surface area (Å²) in [6, 6.07) is 12.7. The Morgan fingerprint density at radius 3 is 2.63 bits per heavy atom. The first kappa shape index (κ1) is 19.1. The van der Waals surface area contributed by atoms with Gasteiger partial charge in [-0.2, -0.15) is 5.26 Å². The van der Waals surface area contributed by atoms with E-state index in [1.807, 2.05) is 17.0 Å². The van der Waals surface area contributed by atoms with Gasteiger partial charge in [0.15, 0.2) is 5.16 Å². The number of nitrogen functional groups attached to an aromatic ring is 1. The van der Waals surface area contributed by atoms with Crippen LogP contribution in [0.25, 0.3) is 0 Å². The molecule has 8 heteroatoms. The van der Waals surface area contributed by atoms with Crippen LogP contribution < -0.4 is 5.73 Å². The zero-order valence-corrected chi connectivity index (χ0v) is 16.0. The Balaban J connectivity index is 1.49. The largest absolute Gasteiger partial charge is 0.382 e. The Hall–Kier alpha value is -2.63. The maximum absolute atomic E-state index is 12.5. The van der Waals surface area contributed by atoms with Crippen molar-refractivity contribution in [2.24, 2.45) is 0 Å². The molecule has 2 aromatic rings. The highest BCUT2D eigenvalue weighted by Gasteiger charge is 2.24. The summed E-state index contributed by atoms with van der Waals surface area (Å²) >= 11 is 1.24. The van der Waals surface area contributed by atoms with E-state index in [0.717, 1.165) is 13.1 Å². The number of nitrogens with zero attached hydrogens (tertiary/aromatic N) is 5. The van der Waals surface area contributed by atoms with E-state index in [-0.39, 0.29) is 23.0 Å². The number of amides is 1. The predicted octanol–water partition coefficient (Wildman–Crippen LogP) is 1.93. The van der Waals surface area contributed by atoms with Crippen LogP contribution in [0.4, 0.5) is 5.82 Å². The molecule has 1 aromatic heterocycles. The first-order valence-corrected chi connectivity index (χ1v) is 9.79. The number of nitrogens with two attached hydrogens (primary N) is 1. The molecule has 2 heterocycles. The molecule has 0 spiro atoms. The van der Waals surface area contributed by atoms with Gasteiger partial charge in [0.2, 0.25) is 5.91 Å². The highest BCUT2D eigenvalue weighted by atomic mass is 32.2. The summed E-state index contributed by atoms with van der Waals surface area (Å²) in [6.07, 6.45) is 1.39. The molecule has 7 nitrogen and oxygen atoms in total. The van der Waals surface area contributed by atoms with Crippen molar-refractivity contribution in [1.82, 2.24) is 19.8 Å². The predicted molar refractivity (Wildman–Crippen MR) is 105 cm³/mol. The minimum absolute atomic E-state index is 0.0681. The van der Waals surface area contributed by atoms with E-state index in [1.54, 1.807) is 0 Å². The second-order valence-corrected chi connectivity index (χ2v) is 7.30. The van der Waals surface area contributed by atoms with E-state index >= 15 is 0 Å². The quantitative estimate of drug-likeness (QED) is 0.623. The minimum atomic E-state index is 0.0681. The molecule has 0 bridgehead atoms. The number of anilines is 1. The second kappa shape index (κ2) is 8.84. The number of aromatic nitrogens is 2. The van der Waals surface area contributed by atoms with Gasteiger partial charge in [0, 0.05) is 32.2 Å². The zero-order chi connectivity index (χ0) is 19.2. The van der Waals surface area contributed by atoms with Gasteiger partial charge in [0.05, 0.1) is 11.9 Å². The van der Waals surface area contributed by atoms with Gasteiger partial charge < -0.3 is 10.6 Å². The maximum Gasteiger partial charge on any atom is 0.233 e. The van der Waals surface area contributed by atoms with Crippen molar-refractivity contribution >= 4 is 23.5 Å². The molecule has 1 aliphatic heterocycles. The summed E-state index contributed by atoms with van der Waals surface area (Å²) in [7, 11) is 0. The average molecular weight is 382 g/mol. The number of carbonyl (C=O) groups excluding carboxylic acids is 1. The summed E-state index contributed by atoms with van der Waals surface area (Å²) in [5.74, 6) is 0.476. The van der Waals surface area contributed by atoms with Crippen LogP contribution in [0.15, 0.2) is 41.7 Å². The molecule has 1 fully saturated rings. The molecule has 1 unspecified atom stereocenters. The molecule has 140 valence electrons.